The third-order valence-corrected chi connectivity index (χ3v) is 19.6. The van der Waals surface area contributed by atoms with E-state index in [1.807, 2.05) is 0 Å². The first kappa shape index (κ1) is 86.6. The van der Waals surface area contributed by atoms with Crippen LogP contribution >= 0.6 is 0 Å². The van der Waals surface area contributed by atoms with Crippen LogP contribution in [0.1, 0.15) is 476 Å². The number of rotatable bonds is 78. The van der Waals surface area contributed by atoms with E-state index in [9.17, 15) is 19.8 Å². The van der Waals surface area contributed by atoms with Crippen LogP contribution in [0.2, 0.25) is 0 Å². The Kier molecular flexibility index (Phi) is 76.8. The summed E-state index contributed by atoms with van der Waals surface area (Å²) in [6, 6.07) is -0.537. The lowest BCUT2D eigenvalue weighted by Crippen LogP contribution is -2.45. The maximum Gasteiger partial charge on any atom is 0.305 e. The van der Waals surface area contributed by atoms with Gasteiger partial charge in [-0.3, -0.25) is 9.59 Å². The number of carbonyl (C=O) groups is 2. The molecule has 0 bridgehead atoms. The number of ether oxygens (including phenoxy) is 1. The summed E-state index contributed by atoms with van der Waals surface area (Å²) in [4.78, 5) is 24.6. The predicted molar refractivity (Wildman–Crippen MR) is 389 cm³/mol. The van der Waals surface area contributed by atoms with Gasteiger partial charge in [-0.25, -0.2) is 0 Å². The topological polar surface area (TPSA) is 95.9 Å². The van der Waals surface area contributed by atoms with Crippen molar-refractivity contribution in [3.8, 4) is 0 Å². The number of amides is 1. The number of aliphatic hydroxyl groups is 2. The van der Waals surface area contributed by atoms with Crippen molar-refractivity contribution in [2.24, 2.45) is 0 Å². The zero-order valence-corrected chi connectivity index (χ0v) is 60.3. The molecule has 6 heteroatoms. The van der Waals surface area contributed by atoms with Crippen LogP contribution in [0, 0.1) is 0 Å². The van der Waals surface area contributed by atoms with Crippen molar-refractivity contribution in [3.63, 3.8) is 0 Å². The van der Waals surface area contributed by atoms with E-state index >= 15 is 0 Å². The standard InChI is InChI=1S/C82H161NO5/c1-3-5-7-9-11-13-15-17-18-19-41-44-47-51-54-58-62-66-70-74-80(85)79(78-84)83-81(86)75-71-67-63-59-55-52-48-45-42-39-37-35-33-31-29-27-25-23-21-20-22-24-26-28-30-32-34-36-38-40-43-46-49-53-57-61-65-69-73-77-88-82(87)76-72-68-64-60-56-50-16-14-12-10-8-6-4-2/h14,16,79-80,84-85H,3-13,15,17-78H2,1-2H3,(H,83,86)/b16-14-. The highest BCUT2D eigenvalue weighted by Gasteiger charge is 2.20. The lowest BCUT2D eigenvalue weighted by Gasteiger charge is -2.22. The van der Waals surface area contributed by atoms with Crippen molar-refractivity contribution in [2.75, 3.05) is 13.2 Å². The molecule has 0 spiro atoms. The van der Waals surface area contributed by atoms with Crippen molar-refractivity contribution >= 4 is 11.9 Å². The fraction of sp³-hybridized carbons (Fsp3) is 0.951. The van der Waals surface area contributed by atoms with Crippen LogP contribution in [0.25, 0.3) is 0 Å². The number of esters is 1. The number of hydrogen-bond donors (Lipinski definition) is 3. The molecule has 2 unspecified atom stereocenters. The van der Waals surface area contributed by atoms with Gasteiger partial charge in [0.1, 0.15) is 0 Å². The molecule has 0 aliphatic rings. The van der Waals surface area contributed by atoms with E-state index in [0.717, 1.165) is 44.9 Å². The number of hydrogen-bond acceptors (Lipinski definition) is 5. The van der Waals surface area contributed by atoms with E-state index in [4.69, 9.17) is 4.74 Å². The molecule has 0 rings (SSSR count). The molecular formula is C82H161NO5. The van der Waals surface area contributed by atoms with Gasteiger partial charge >= 0.3 is 5.97 Å². The average molecular weight is 1240 g/mol. The van der Waals surface area contributed by atoms with Gasteiger partial charge in [0.25, 0.3) is 0 Å². The minimum atomic E-state index is -0.660. The predicted octanol–water partition coefficient (Wildman–Crippen LogP) is 27.1. The second-order valence-electron chi connectivity index (χ2n) is 28.5. The molecule has 0 aromatic heterocycles. The van der Waals surface area contributed by atoms with Gasteiger partial charge in [-0.05, 0) is 51.4 Å². The Morgan fingerprint density at radius 1 is 0.307 bits per heavy atom. The normalized spacial score (nSPS) is 12.5. The van der Waals surface area contributed by atoms with E-state index in [0.29, 0.717) is 25.9 Å². The zero-order valence-electron chi connectivity index (χ0n) is 60.3. The largest absolute Gasteiger partial charge is 0.466 e. The number of allylic oxidation sites excluding steroid dienone is 2. The number of aliphatic hydroxyl groups excluding tert-OH is 2. The summed E-state index contributed by atoms with van der Waals surface area (Å²) in [6.45, 7) is 4.99. The lowest BCUT2D eigenvalue weighted by molar-refractivity contribution is -0.143. The van der Waals surface area contributed by atoms with Gasteiger partial charge in [0, 0.05) is 12.8 Å². The smallest absolute Gasteiger partial charge is 0.305 e. The van der Waals surface area contributed by atoms with Crippen LogP contribution in [0.5, 0.6) is 0 Å². The molecule has 3 N–H and O–H groups in total. The van der Waals surface area contributed by atoms with Crippen molar-refractivity contribution < 1.29 is 24.5 Å². The molecule has 0 fully saturated rings. The van der Waals surface area contributed by atoms with Gasteiger partial charge in [0.15, 0.2) is 0 Å². The molecule has 0 aromatic rings. The Labute approximate surface area is 552 Å². The van der Waals surface area contributed by atoms with Gasteiger partial charge in [0.05, 0.1) is 25.4 Å². The Hall–Kier alpha value is -1.40. The molecule has 524 valence electrons. The van der Waals surface area contributed by atoms with Crippen molar-refractivity contribution in [1.29, 1.82) is 0 Å². The first-order chi connectivity index (χ1) is 43.5. The monoisotopic (exact) mass is 1240 g/mol. The van der Waals surface area contributed by atoms with Gasteiger partial charge < -0.3 is 20.3 Å². The molecular weight excluding hydrogens is 1080 g/mol. The molecule has 1 amide bonds. The summed E-state index contributed by atoms with van der Waals surface area (Å²) >= 11 is 0. The Morgan fingerprint density at radius 2 is 0.534 bits per heavy atom. The second kappa shape index (κ2) is 78.0. The number of nitrogens with one attached hydrogen (secondary N) is 1. The molecule has 6 nitrogen and oxygen atoms in total. The van der Waals surface area contributed by atoms with Gasteiger partial charge in [-0.1, -0.05) is 424 Å². The van der Waals surface area contributed by atoms with Crippen molar-refractivity contribution in [2.45, 2.75) is 488 Å². The Morgan fingerprint density at radius 3 is 0.818 bits per heavy atom. The average Bonchev–Trinajstić information content (AvgIpc) is 3.59. The lowest BCUT2D eigenvalue weighted by atomic mass is 10.0. The number of carbonyl (C=O) groups excluding carboxylic acids is 2. The molecule has 0 aliphatic carbocycles. The highest BCUT2D eigenvalue weighted by molar-refractivity contribution is 5.76. The first-order valence-electron chi connectivity index (χ1n) is 40.9. The van der Waals surface area contributed by atoms with Gasteiger partial charge in [-0.2, -0.15) is 0 Å². The highest BCUT2D eigenvalue weighted by atomic mass is 16.5. The molecule has 0 radical (unpaired) electrons. The summed E-state index contributed by atoms with van der Waals surface area (Å²) in [5.74, 6) is -0.00765. The van der Waals surface area contributed by atoms with E-state index in [2.05, 4.69) is 31.3 Å². The van der Waals surface area contributed by atoms with Crippen LogP contribution in [0.15, 0.2) is 12.2 Å². The first-order valence-corrected chi connectivity index (χ1v) is 40.9. The van der Waals surface area contributed by atoms with Crippen LogP contribution in [0.4, 0.5) is 0 Å². The third kappa shape index (κ3) is 73.6. The Balaban J connectivity index is 3.29. The molecule has 0 saturated carbocycles. The highest BCUT2D eigenvalue weighted by Crippen LogP contribution is 2.21. The van der Waals surface area contributed by atoms with E-state index < -0.39 is 12.1 Å². The molecule has 0 heterocycles. The molecule has 0 aromatic carbocycles. The van der Waals surface area contributed by atoms with Crippen molar-refractivity contribution in [3.05, 3.63) is 12.2 Å². The van der Waals surface area contributed by atoms with Gasteiger partial charge in [-0.15, -0.1) is 0 Å². The molecule has 2 atom stereocenters. The number of unbranched alkanes of at least 4 members (excludes halogenated alkanes) is 65. The van der Waals surface area contributed by atoms with E-state index in [-0.39, 0.29) is 18.5 Å². The SMILES string of the molecule is CCCCCC/C=C\CCCCCCCC(=O)OCCCCCCCCCCCCCCCCCCCCCCCCCCCCCCCCCCCCCCCCCC(=O)NC(CO)C(O)CCCCCCCCCCCCCCCCCCCCC. The van der Waals surface area contributed by atoms with Gasteiger partial charge in [0.2, 0.25) is 5.91 Å². The summed E-state index contributed by atoms with van der Waals surface area (Å²) in [5.41, 5.74) is 0. The minimum Gasteiger partial charge on any atom is -0.466 e. The van der Waals surface area contributed by atoms with Crippen LogP contribution in [-0.2, 0) is 14.3 Å². The fourth-order valence-corrected chi connectivity index (χ4v) is 13.3. The third-order valence-electron chi connectivity index (χ3n) is 19.6. The molecule has 88 heavy (non-hydrogen) atoms. The zero-order chi connectivity index (χ0) is 63.5. The summed E-state index contributed by atoms with van der Waals surface area (Å²) in [7, 11) is 0. The quantitative estimate of drug-likeness (QED) is 0.0320. The maximum absolute atomic E-state index is 12.6. The van der Waals surface area contributed by atoms with Crippen LogP contribution in [-0.4, -0.2) is 47.4 Å². The minimum absolute atomic E-state index is 0.0158. The Bertz CT molecular complexity index is 1340. The maximum atomic E-state index is 12.6. The summed E-state index contributed by atoms with van der Waals surface area (Å²) in [5, 5.41) is 23.4. The fourth-order valence-electron chi connectivity index (χ4n) is 13.3. The molecule has 0 saturated heterocycles. The summed E-state index contributed by atoms with van der Waals surface area (Å²) < 4.78 is 5.49. The van der Waals surface area contributed by atoms with E-state index in [1.54, 1.807) is 0 Å². The van der Waals surface area contributed by atoms with E-state index in [1.165, 1.54) is 398 Å². The second-order valence-corrected chi connectivity index (χ2v) is 28.5. The van der Waals surface area contributed by atoms with Crippen LogP contribution < -0.4 is 5.32 Å². The molecule has 0 aliphatic heterocycles. The van der Waals surface area contributed by atoms with Crippen molar-refractivity contribution in [1.82, 2.24) is 5.32 Å². The van der Waals surface area contributed by atoms with Crippen LogP contribution in [0.3, 0.4) is 0 Å². The summed E-state index contributed by atoms with van der Waals surface area (Å²) in [6.07, 6.45) is 99.0.